The predicted molar refractivity (Wildman–Crippen MR) is 130 cm³/mol. The molecule has 0 aliphatic rings. The third-order valence-corrected chi connectivity index (χ3v) is 6.62. The smallest absolute Gasteiger partial charge is 0.187 e. The van der Waals surface area contributed by atoms with Crippen molar-refractivity contribution in [1.82, 2.24) is 0 Å². The van der Waals surface area contributed by atoms with E-state index in [2.05, 4.69) is 18.7 Å². The van der Waals surface area contributed by atoms with Crippen molar-refractivity contribution < 1.29 is 32.2 Å². The molecule has 0 bridgehead atoms. The summed E-state index contributed by atoms with van der Waals surface area (Å²) in [5.41, 5.74) is 2.10. The molecule has 184 valence electrons. The van der Waals surface area contributed by atoms with Crippen LogP contribution in [0.4, 0.5) is 5.69 Å². The van der Waals surface area contributed by atoms with Gasteiger partial charge in [-0.3, -0.25) is 0 Å². The number of anilines is 1. The van der Waals surface area contributed by atoms with Crippen LogP contribution in [0.5, 0.6) is 0 Å². The van der Waals surface area contributed by atoms with Gasteiger partial charge in [0.2, 0.25) is 0 Å². The van der Waals surface area contributed by atoms with Gasteiger partial charge in [-0.2, -0.15) is 0 Å². The van der Waals surface area contributed by atoms with Crippen LogP contribution in [0.25, 0.3) is 23.1 Å². The van der Waals surface area contributed by atoms with Crippen LogP contribution in [0, 0.1) is 0 Å². The third-order valence-electron chi connectivity index (χ3n) is 5.74. The summed E-state index contributed by atoms with van der Waals surface area (Å²) < 4.78 is 43.2. The van der Waals surface area contributed by atoms with Gasteiger partial charge in [-0.25, -0.2) is 13.0 Å². The van der Waals surface area contributed by atoms with Crippen molar-refractivity contribution >= 4 is 38.9 Å². The fourth-order valence-electron chi connectivity index (χ4n) is 3.89. The number of aliphatic hydroxyl groups excluding tert-OH is 1. The van der Waals surface area contributed by atoms with E-state index in [1.807, 2.05) is 24.3 Å². The largest absolute Gasteiger partial charge is 0.744 e. The van der Waals surface area contributed by atoms with E-state index in [0.29, 0.717) is 30.7 Å². The van der Waals surface area contributed by atoms with E-state index in [9.17, 15) is 13.0 Å². The zero-order valence-electron chi connectivity index (χ0n) is 19.6. The number of furan rings is 1. The van der Waals surface area contributed by atoms with Gasteiger partial charge in [0.1, 0.15) is 32.9 Å². The molecule has 3 aromatic rings. The maximum absolute atomic E-state index is 11.9. The van der Waals surface area contributed by atoms with E-state index >= 15 is 0 Å². The molecule has 0 spiro atoms. The van der Waals surface area contributed by atoms with Crippen molar-refractivity contribution in [3.63, 3.8) is 0 Å². The number of nitrogens with zero attached hydrogens (tertiary/aromatic N) is 2. The number of hydrogen-bond acceptors (Lipinski definition) is 7. The Labute approximate surface area is 200 Å². The highest BCUT2D eigenvalue weighted by Gasteiger charge is 2.14. The van der Waals surface area contributed by atoms with Gasteiger partial charge in [0.15, 0.2) is 18.7 Å². The van der Waals surface area contributed by atoms with Crippen LogP contribution < -0.4 is 9.47 Å². The summed E-state index contributed by atoms with van der Waals surface area (Å²) >= 11 is 0. The first-order valence-corrected chi connectivity index (χ1v) is 12.9. The lowest BCUT2D eigenvalue weighted by atomic mass is 10.2. The highest BCUT2D eigenvalue weighted by atomic mass is 32.2. The molecule has 0 aliphatic heterocycles. The Bertz CT molecular complexity index is 1230. The first-order valence-electron chi connectivity index (χ1n) is 11.5. The fourth-order valence-corrected chi connectivity index (χ4v) is 4.58. The van der Waals surface area contributed by atoms with Gasteiger partial charge in [-0.1, -0.05) is 0 Å². The van der Waals surface area contributed by atoms with Crippen molar-refractivity contribution in [1.29, 1.82) is 0 Å². The third kappa shape index (κ3) is 6.89. The Morgan fingerprint density at radius 1 is 1.09 bits per heavy atom. The predicted octanol–water partition coefficient (Wildman–Crippen LogP) is 3.51. The van der Waals surface area contributed by atoms with Gasteiger partial charge in [0.25, 0.3) is 0 Å². The number of fused-ring (bicyclic) bond motifs is 1. The number of rotatable bonds is 12. The second-order valence-electron chi connectivity index (χ2n) is 8.16. The molecule has 1 aromatic carbocycles. The van der Waals surface area contributed by atoms with Crippen LogP contribution >= 0.6 is 0 Å². The second-order valence-corrected chi connectivity index (χ2v) is 9.51. The number of pyridine rings is 1. The van der Waals surface area contributed by atoms with Crippen LogP contribution in [-0.2, 0) is 16.7 Å². The van der Waals surface area contributed by atoms with Crippen molar-refractivity contribution in [2.75, 3.05) is 18.0 Å². The second kappa shape index (κ2) is 11.6. The minimum Gasteiger partial charge on any atom is -0.744 e. The fraction of sp³-hybridized carbons (Fsp3) is 0.400. The number of hydrogen-bond donors (Lipinski definition) is 2. The molecule has 0 amide bonds. The van der Waals surface area contributed by atoms with Gasteiger partial charge >= 0.3 is 0 Å². The van der Waals surface area contributed by atoms with E-state index in [1.165, 1.54) is 6.20 Å². The highest BCUT2D eigenvalue weighted by molar-refractivity contribution is 7.85. The van der Waals surface area contributed by atoms with Crippen LogP contribution in [0.2, 0.25) is 0 Å². The van der Waals surface area contributed by atoms with E-state index in [4.69, 9.17) is 14.6 Å². The van der Waals surface area contributed by atoms with Crippen molar-refractivity contribution in [3.05, 3.63) is 54.0 Å². The molecule has 0 fully saturated rings. The van der Waals surface area contributed by atoms with Gasteiger partial charge in [0.05, 0.1) is 0 Å². The molecule has 0 aliphatic carbocycles. The average molecular weight is 489 g/mol. The minimum atomic E-state index is -4.68. The first kappa shape index (κ1) is 25.9. The zero-order valence-corrected chi connectivity index (χ0v) is 20.4. The summed E-state index contributed by atoms with van der Waals surface area (Å²) in [6.07, 6.45) is 7.42. The molecule has 0 radical (unpaired) electrons. The summed E-state index contributed by atoms with van der Waals surface area (Å²) in [6.45, 7) is 6.49. The molecule has 34 heavy (non-hydrogen) atoms. The van der Waals surface area contributed by atoms with Crippen molar-refractivity contribution in [2.45, 2.75) is 57.3 Å². The number of benzene rings is 1. The van der Waals surface area contributed by atoms with E-state index in [-0.39, 0.29) is 4.90 Å². The molecule has 0 saturated carbocycles. The molecule has 2 heterocycles. The SMILES string of the molecule is CCN(CC)c1ccc2cc(/C=C/c3cc[n+](CCCCCC(O)O)cc3S(=O)(=O)[O-])oc2c1. The Balaban J connectivity index is 1.78. The Hall–Kier alpha value is -2.72. The zero-order chi connectivity index (χ0) is 24.7. The number of aliphatic hydroxyl groups is 2. The van der Waals surface area contributed by atoms with Crippen molar-refractivity contribution in [2.24, 2.45) is 0 Å². The number of unbranched alkanes of at least 4 members (excludes halogenated alkanes) is 2. The van der Waals surface area contributed by atoms with Crippen LogP contribution in [-0.4, -0.2) is 42.6 Å². The van der Waals surface area contributed by atoms with E-state index < -0.39 is 16.4 Å². The molecule has 9 heteroatoms. The standard InChI is InChI=1S/C25H32N2O6S/c1-3-27(4-2)21-11-9-20-16-22(33-23(20)17-21)12-10-19-13-15-26(18-24(19)34(30,31)32)14-7-5-6-8-25(28)29/h9-13,15-18,25,28-29H,3-8,14H2,1-2H3. The maximum Gasteiger partial charge on any atom is 0.187 e. The van der Waals surface area contributed by atoms with Crippen LogP contribution in [0.1, 0.15) is 50.9 Å². The molecular weight excluding hydrogens is 456 g/mol. The molecule has 0 saturated heterocycles. The molecule has 0 atom stereocenters. The number of aryl methyl sites for hydroxylation is 1. The maximum atomic E-state index is 11.9. The van der Waals surface area contributed by atoms with E-state index in [0.717, 1.165) is 42.6 Å². The molecule has 0 unspecified atom stereocenters. The Morgan fingerprint density at radius 2 is 1.85 bits per heavy atom. The highest BCUT2D eigenvalue weighted by Crippen LogP contribution is 2.26. The minimum absolute atomic E-state index is 0.291. The van der Waals surface area contributed by atoms with E-state index in [1.54, 1.807) is 29.0 Å². The van der Waals surface area contributed by atoms with Gasteiger partial charge in [-0.15, -0.1) is 0 Å². The van der Waals surface area contributed by atoms with Crippen LogP contribution in [0.3, 0.4) is 0 Å². The topological polar surface area (TPSA) is 118 Å². The normalized spacial score (nSPS) is 12.3. The lowest BCUT2D eigenvalue weighted by Gasteiger charge is -2.20. The average Bonchev–Trinajstić information content (AvgIpc) is 3.20. The summed E-state index contributed by atoms with van der Waals surface area (Å²) in [4.78, 5) is 1.93. The molecule has 2 aromatic heterocycles. The Kier molecular flexibility index (Phi) is 8.84. The summed E-state index contributed by atoms with van der Waals surface area (Å²) in [5.74, 6) is 0.559. The monoisotopic (exact) mass is 488 g/mol. The summed E-state index contributed by atoms with van der Waals surface area (Å²) in [7, 11) is -4.68. The van der Waals surface area contributed by atoms with Crippen LogP contribution in [0.15, 0.2) is 52.0 Å². The lowest BCUT2D eigenvalue weighted by molar-refractivity contribution is -0.699. The van der Waals surface area contributed by atoms with Gasteiger partial charge < -0.3 is 24.1 Å². The first-order chi connectivity index (χ1) is 16.2. The quantitative estimate of drug-likeness (QED) is 0.173. The molecule has 3 rings (SSSR count). The Morgan fingerprint density at radius 3 is 2.53 bits per heavy atom. The van der Waals surface area contributed by atoms with Gasteiger partial charge in [-0.05, 0) is 63.5 Å². The van der Waals surface area contributed by atoms with Crippen molar-refractivity contribution in [3.8, 4) is 0 Å². The summed E-state index contributed by atoms with van der Waals surface area (Å²) in [5, 5.41) is 18.7. The molecular formula is C25H32N2O6S. The number of aromatic nitrogens is 1. The van der Waals surface area contributed by atoms with Gasteiger partial charge in [0, 0.05) is 48.3 Å². The molecule has 2 N–H and O–H groups in total. The summed E-state index contributed by atoms with van der Waals surface area (Å²) in [6, 6.07) is 9.49. The lowest BCUT2D eigenvalue weighted by Crippen LogP contribution is -2.34. The molecule has 8 nitrogen and oxygen atoms in total.